The Morgan fingerprint density at radius 2 is 1.78 bits per heavy atom. The number of nitrogens with one attached hydrogen (secondary N) is 1. The lowest BCUT2D eigenvalue weighted by atomic mass is 10.2. The van der Waals surface area contributed by atoms with Gasteiger partial charge in [0.15, 0.2) is 0 Å². The first-order valence-corrected chi connectivity index (χ1v) is 5.82. The van der Waals surface area contributed by atoms with Crippen molar-refractivity contribution in [2.24, 2.45) is 0 Å². The average Bonchev–Trinajstić information content (AvgIpc) is 2.42. The van der Waals surface area contributed by atoms with Gasteiger partial charge in [-0.15, -0.1) is 0 Å². The van der Waals surface area contributed by atoms with Gasteiger partial charge in [0.2, 0.25) is 0 Å². The smallest absolute Gasteiger partial charge is 0.407 e. The van der Waals surface area contributed by atoms with Crippen LogP contribution >= 0.6 is 0 Å². The highest BCUT2D eigenvalue weighted by molar-refractivity contribution is 5.67. The largest absolute Gasteiger partial charge is 0.497 e. The summed E-state index contributed by atoms with van der Waals surface area (Å²) in [5.41, 5.74) is 0.817. The van der Waals surface area contributed by atoms with Crippen molar-refractivity contribution in [2.75, 3.05) is 20.8 Å². The van der Waals surface area contributed by atoms with Gasteiger partial charge < -0.3 is 19.5 Å². The molecule has 0 saturated carbocycles. The van der Waals surface area contributed by atoms with Gasteiger partial charge in [0.1, 0.15) is 18.1 Å². The van der Waals surface area contributed by atoms with Crippen LogP contribution < -0.4 is 14.8 Å². The third-order valence-electron chi connectivity index (χ3n) is 2.30. The number of alkyl carbamates (subject to hydrolysis) is 1. The van der Waals surface area contributed by atoms with Crippen LogP contribution in [0.1, 0.15) is 18.9 Å². The van der Waals surface area contributed by atoms with E-state index in [0.29, 0.717) is 18.0 Å². The van der Waals surface area contributed by atoms with Crippen LogP contribution in [0.25, 0.3) is 0 Å². The molecule has 0 unspecified atom stereocenters. The molecule has 5 nitrogen and oxygen atoms in total. The number of benzene rings is 1. The van der Waals surface area contributed by atoms with Crippen LogP contribution in [0.5, 0.6) is 11.5 Å². The van der Waals surface area contributed by atoms with Gasteiger partial charge in [0.05, 0.1) is 14.2 Å². The molecule has 0 saturated heterocycles. The molecular formula is C13H19NO4. The minimum atomic E-state index is -0.418. The Morgan fingerprint density at radius 1 is 1.17 bits per heavy atom. The van der Waals surface area contributed by atoms with Gasteiger partial charge in [-0.1, -0.05) is 6.92 Å². The third kappa shape index (κ3) is 4.53. The summed E-state index contributed by atoms with van der Waals surface area (Å²) in [6.45, 7) is 2.77. The minimum absolute atomic E-state index is 0.184. The summed E-state index contributed by atoms with van der Waals surface area (Å²) in [5, 5.41) is 2.64. The maximum absolute atomic E-state index is 11.3. The molecule has 0 aliphatic carbocycles. The molecule has 1 rings (SSSR count). The zero-order chi connectivity index (χ0) is 13.4. The fraction of sp³-hybridized carbons (Fsp3) is 0.462. The van der Waals surface area contributed by atoms with E-state index in [1.165, 1.54) is 0 Å². The maximum atomic E-state index is 11.3. The van der Waals surface area contributed by atoms with E-state index < -0.39 is 6.09 Å². The number of carbonyl (C=O) groups excluding carboxylic acids is 1. The molecule has 0 spiro atoms. The van der Waals surface area contributed by atoms with E-state index in [9.17, 15) is 4.79 Å². The molecule has 0 aliphatic heterocycles. The molecule has 100 valence electrons. The first kappa shape index (κ1) is 14.2. The molecule has 1 aromatic rings. The first-order valence-electron chi connectivity index (χ1n) is 5.82. The number of hydrogen-bond acceptors (Lipinski definition) is 4. The lowest BCUT2D eigenvalue weighted by Gasteiger charge is -2.09. The molecule has 1 amide bonds. The number of hydrogen-bond donors (Lipinski definition) is 1. The van der Waals surface area contributed by atoms with Gasteiger partial charge in [0.25, 0.3) is 0 Å². The molecule has 0 radical (unpaired) electrons. The van der Waals surface area contributed by atoms with Crippen molar-refractivity contribution in [3.05, 3.63) is 23.8 Å². The van der Waals surface area contributed by atoms with Crippen LogP contribution in [0.3, 0.4) is 0 Å². The molecule has 1 N–H and O–H groups in total. The Bertz CT molecular complexity index is 370. The number of ether oxygens (including phenoxy) is 3. The van der Waals surface area contributed by atoms with Crippen molar-refractivity contribution in [1.29, 1.82) is 0 Å². The highest BCUT2D eigenvalue weighted by atomic mass is 16.5. The van der Waals surface area contributed by atoms with Gasteiger partial charge in [-0.25, -0.2) is 4.79 Å². The van der Waals surface area contributed by atoms with Crippen molar-refractivity contribution in [3.63, 3.8) is 0 Å². The molecule has 5 heteroatoms. The van der Waals surface area contributed by atoms with Crippen molar-refractivity contribution in [2.45, 2.75) is 20.0 Å². The average molecular weight is 253 g/mol. The lowest BCUT2D eigenvalue weighted by molar-refractivity contribution is 0.139. The monoisotopic (exact) mass is 253 g/mol. The minimum Gasteiger partial charge on any atom is -0.497 e. The van der Waals surface area contributed by atoms with Crippen LogP contribution in [-0.4, -0.2) is 26.9 Å². The SMILES string of the molecule is CCCNC(=O)OCc1cc(OC)cc(OC)c1. The highest BCUT2D eigenvalue weighted by Gasteiger charge is 2.05. The zero-order valence-corrected chi connectivity index (χ0v) is 11.0. The third-order valence-corrected chi connectivity index (χ3v) is 2.30. The zero-order valence-electron chi connectivity index (χ0n) is 11.0. The topological polar surface area (TPSA) is 56.8 Å². The molecular weight excluding hydrogens is 234 g/mol. The summed E-state index contributed by atoms with van der Waals surface area (Å²) in [6, 6.07) is 5.37. The molecule has 0 atom stereocenters. The number of rotatable bonds is 6. The van der Waals surface area contributed by atoms with E-state index in [1.807, 2.05) is 6.92 Å². The first-order chi connectivity index (χ1) is 8.69. The predicted octanol–water partition coefficient (Wildman–Crippen LogP) is 2.34. The van der Waals surface area contributed by atoms with Crippen LogP contribution in [0, 0.1) is 0 Å². The Kier molecular flexibility index (Phi) is 5.84. The maximum Gasteiger partial charge on any atom is 0.407 e. The Balaban J connectivity index is 2.58. The molecule has 0 aliphatic rings. The summed E-state index contributed by atoms with van der Waals surface area (Å²) in [7, 11) is 3.15. The van der Waals surface area contributed by atoms with Crippen LogP contribution in [0.2, 0.25) is 0 Å². The van der Waals surface area contributed by atoms with E-state index in [2.05, 4.69) is 5.32 Å². The predicted molar refractivity (Wildman–Crippen MR) is 68.0 cm³/mol. The van der Waals surface area contributed by atoms with Gasteiger partial charge in [-0.3, -0.25) is 0 Å². The summed E-state index contributed by atoms with van der Waals surface area (Å²) in [6.07, 6.45) is 0.459. The van der Waals surface area contributed by atoms with Crippen LogP contribution in [0.15, 0.2) is 18.2 Å². The fourth-order valence-corrected chi connectivity index (χ4v) is 1.38. The molecule has 1 aromatic carbocycles. The number of carbonyl (C=O) groups is 1. The highest BCUT2D eigenvalue weighted by Crippen LogP contribution is 2.22. The Hall–Kier alpha value is -1.91. The van der Waals surface area contributed by atoms with E-state index in [0.717, 1.165) is 12.0 Å². The van der Waals surface area contributed by atoms with Crippen LogP contribution in [0.4, 0.5) is 4.79 Å². The Morgan fingerprint density at radius 3 is 2.28 bits per heavy atom. The second kappa shape index (κ2) is 7.42. The number of methoxy groups -OCH3 is 2. The number of amides is 1. The van der Waals surface area contributed by atoms with Crippen LogP contribution in [-0.2, 0) is 11.3 Å². The van der Waals surface area contributed by atoms with Gasteiger partial charge in [-0.05, 0) is 24.1 Å². The van der Waals surface area contributed by atoms with E-state index >= 15 is 0 Å². The van der Waals surface area contributed by atoms with E-state index in [1.54, 1.807) is 32.4 Å². The second-order valence-electron chi connectivity index (χ2n) is 3.72. The standard InChI is InChI=1S/C13H19NO4/c1-4-5-14-13(15)18-9-10-6-11(16-2)8-12(7-10)17-3/h6-8H,4-5,9H2,1-3H3,(H,14,15). The fourth-order valence-electron chi connectivity index (χ4n) is 1.38. The molecule has 18 heavy (non-hydrogen) atoms. The Labute approximate surface area is 107 Å². The van der Waals surface area contributed by atoms with Crippen molar-refractivity contribution < 1.29 is 19.0 Å². The molecule has 0 fully saturated rings. The summed E-state index contributed by atoms with van der Waals surface area (Å²) >= 11 is 0. The second-order valence-corrected chi connectivity index (χ2v) is 3.72. The van der Waals surface area contributed by atoms with Crippen molar-refractivity contribution in [3.8, 4) is 11.5 Å². The van der Waals surface area contributed by atoms with Crippen molar-refractivity contribution >= 4 is 6.09 Å². The van der Waals surface area contributed by atoms with E-state index in [-0.39, 0.29) is 6.61 Å². The van der Waals surface area contributed by atoms with Gasteiger partial charge in [-0.2, -0.15) is 0 Å². The lowest BCUT2D eigenvalue weighted by Crippen LogP contribution is -2.24. The molecule has 0 bridgehead atoms. The summed E-state index contributed by atoms with van der Waals surface area (Å²) < 4.78 is 15.3. The van der Waals surface area contributed by atoms with Gasteiger partial charge in [0, 0.05) is 12.6 Å². The summed E-state index contributed by atoms with van der Waals surface area (Å²) in [5.74, 6) is 1.34. The molecule has 0 aromatic heterocycles. The molecule has 0 heterocycles. The normalized spacial score (nSPS) is 9.72. The summed E-state index contributed by atoms with van der Waals surface area (Å²) in [4.78, 5) is 11.3. The van der Waals surface area contributed by atoms with Crippen molar-refractivity contribution in [1.82, 2.24) is 5.32 Å². The van der Waals surface area contributed by atoms with Gasteiger partial charge >= 0.3 is 6.09 Å². The quantitative estimate of drug-likeness (QED) is 0.845. The van der Waals surface area contributed by atoms with E-state index in [4.69, 9.17) is 14.2 Å².